The highest BCUT2D eigenvalue weighted by atomic mass is 16.3. The Labute approximate surface area is 237 Å². The molecule has 4 heteroatoms. The van der Waals surface area contributed by atoms with Crippen molar-refractivity contribution in [3.63, 3.8) is 0 Å². The second kappa shape index (κ2) is 12.4. The second-order valence-electron chi connectivity index (χ2n) is 13.4. The molecule has 0 saturated heterocycles. The summed E-state index contributed by atoms with van der Waals surface area (Å²) in [5.74, 6) is -2.39. The lowest BCUT2D eigenvalue weighted by atomic mass is 9.38. The van der Waals surface area contributed by atoms with Gasteiger partial charge in [-0.15, -0.1) is 5.76 Å². The summed E-state index contributed by atoms with van der Waals surface area (Å²) in [5.41, 5.74) is 0.212. The molecular formula is C35H51O4-. The van der Waals surface area contributed by atoms with Gasteiger partial charge in [0.1, 0.15) is 0 Å². The Morgan fingerprint density at radius 2 is 1.44 bits per heavy atom. The Bertz CT molecular complexity index is 1140. The number of fused-ring (bicyclic) bond motifs is 2. The van der Waals surface area contributed by atoms with Gasteiger partial charge in [-0.1, -0.05) is 67.4 Å². The van der Waals surface area contributed by atoms with Crippen molar-refractivity contribution in [3.8, 4) is 0 Å². The molecule has 0 radical (unpaired) electrons. The molecule has 2 aliphatic carbocycles. The van der Waals surface area contributed by atoms with E-state index in [4.69, 9.17) is 0 Å². The summed E-state index contributed by atoms with van der Waals surface area (Å²) in [5, 5.41) is 14.4. The molecular weight excluding hydrogens is 484 g/mol. The maximum Gasteiger partial charge on any atom is 0.179 e. The highest BCUT2D eigenvalue weighted by molar-refractivity contribution is 6.33. The predicted octanol–water partition coefficient (Wildman–Crippen LogP) is 7.79. The van der Waals surface area contributed by atoms with E-state index in [0.717, 1.165) is 22.3 Å². The maximum atomic E-state index is 15.0. The van der Waals surface area contributed by atoms with Crippen molar-refractivity contribution in [2.45, 2.75) is 115 Å². The van der Waals surface area contributed by atoms with Crippen LogP contribution in [-0.2, 0) is 14.4 Å². The molecule has 0 heterocycles. The van der Waals surface area contributed by atoms with E-state index in [0.29, 0.717) is 25.7 Å². The van der Waals surface area contributed by atoms with Gasteiger partial charge < -0.3 is 5.11 Å². The molecule has 2 rings (SSSR count). The van der Waals surface area contributed by atoms with Crippen molar-refractivity contribution in [2.24, 2.45) is 28.1 Å². The van der Waals surface area contributed by atoms with Gasteiger partial charge in [-0.05, 0) is 111 Å². The lowest BCUT2D eigenvalue weighted by molar-refractivity contribution is -0.330. The van der Waals surface area contributed by atoms with Crippen LogP contribution in [0.4, 0.5) is 0 Å². The Morgan fingerprint density at radius 3 is 1.92 bits per heavy atom. The molecule has 0 N–H and O–H groups in total. The van der Waals surface area contributed by atoms with Crippen LogP contribution in [0.5, 0.6) is 0 Å². The summed E-state index contributed by atoms with van der Waals surface area (Å²) < 4.78 is 0. The zero-order valence-electron chi connectivity index (χ0n) is 26.3. The number of allylic oxidation sites excluding steroid dienone is 10. The first kappa shape index (κ1) is 32.7. The molecule has 0 amide bonds. The first-order chi connectivity index (χ1) is 18.0. The SMILES string of the molecule is CC(C)=CCCC1(C)C(CC=C(C)C)CC2(CC=C(C)C)C(=O)C1(C(=O)C(C)C)C(=O)C(CC=C(C)C)=C2[O-]. The van der Waals surface area contributed by atoms with Gasteiger partial charge in [-0.25, -0.2) is 0 Å². The molecule has 4 atom stereocenters. The quantitative estimate of drug-likeness (QED) is 0.200. The van der Waals surface area contributed by atoms with Crippen LogP contribution in [-0.4, -0.2) is 17.3 Å². The van der Waals surface area contributed by atoms with E-state index in [2.05, 4.69) is 12.2 Å². The monoisotopic (exact) mass is 535 g/mol. The van der Waals surface area contributed by atoms with Crippen molar-refractivity contribution >= 4 is 17.3 Å². The second-order valence-corrected chi connectivity index (χ2v) is 13.4. The molecule has 0 spiro atoms. The number of hydrogen-bond donors (Lipinski definition) is 0. The lowest BCUT2D eigenvalue weighted by Gasteiger charge is -2.63. The number of carbonyl (C=O) groups excluding carboxylic acids is 3. The molecule has 2 aliphatic rings. The van der Waals surface area contributed by atoms with Gasteiger partial charge in [0.15, 0.2) is 22.8 Å². The number of hydrogen-bond acceptors (Lipinski definition) is 4. The molecule has 1 fully saturated rings. The summed E-state index contributed by atoms with van der Waals surface area (Å²) in [4.78, 5) is 44.2. The fraction of sp³-hybridized carbons (Fsp3) is 0.629. The van der Waals surface area contributed by atoms with Crippen LogP contribution in [0.25, 0.3) is 0 Å². The van der Waals surface area contributed by atoms with E-state index in [1.807, 2.05) is 74.5 Å². The predicted molar refractivity (Wildman–Crippen MR) is 159 cm³/mol. The number of carbonyl (C=O) groups is 3. The maximum absolute atomic E-state index is 15.0. The Hall–Kier alpha value is -2.49. The summed E-state index contributed by atoms with van der Waals surface area (Å²) >= 11 is 0. The van der Waals surface area contributed by atoms with E-state index < -0.39 is 33.7 Å². The van der Waals surface area contributed by atoms with Crippen LogP contribution in [0.3, 0.4) is 0 Å². The number of rotatable bonds is 11. The fourth-order valence-electron chi connectivity index (χ4n) is 6.69. The van der Waals surface area contributed by atoms with Crippen LogP contribution in [0.1, 0.15) is 115 Å². The zero-order valence-corrected chi connectivity index (χ0v) is 26.3. The van der Waals surface area contributed by atoms with E-state index in [1.165, 1.54) is 0 Å². The highest BCUT2D eigenvalue weighted by Crippen LogP contribution is 2.67. The number of ketones is 3. The third-order valence-electron chi connectivity index (χ3n) is 8.95. The molecule has 1 saturated carbocycles. The van der Waals surface area contributed by atoms with Gasteiger partial charge in [0.2, 0.25) is 0 Å². The standard InChI is InChI=1S/C35H52O4/c1-22(2)13-12-19-33(11)27(16-14-23(3)4)21-34(20-18-25(7)8)30(37)28(17-15-24(5)6)31(38)35(33,32(34)39)29(36)26(9)10/h13-15,18,26-27,37H,12,16-17,19-21H2,1-11H3/p-1. The molecule has 4 nitrogen and oxygen atoms in total. The Kier molecular flexibility index (Phi) is 10.4. The van der Waals surface area contributed by atoms with Gasteiger partial charge in [0, 0.05) is 11.3 Å². The van der Waals surface area contributed by atoms with Gasteiger partial charge in [0.05, 0.1) is 0 Å². The fourth-order valence-corrected chi connectivity index (χ4v) is 6.69. The van der Waals surface area contributed by atoms with Crippen molar-refractivity contribution in [3.05, 3.63) is 57.9 Å². The minimum atomic E-state index is -1.87. The third kappa shape index (κ3) is 5.86. The van der Waals surface area contributed by atoms with Crippen molar-refractivity contribution in [2.75, 3.05) is 0 Å². The van der Waals surface area contributed by atoms with E-state index in [9.17, 15) is 19.5 Å². The molecule has 0 aromatic rings. The molecule has 0 aromatic heterocycles. The molecule has 0 aliphatic heterocycles. The van der Waals surface area contributed by atoms with Crippen LogP contribution >= 0.6 is 0 Å². The normalized spacial score (nSPS) is 28.3. The summed E-state index contributed by atoms with van der Waals surface area (Å²) in [6.45, 7) is 21.4. The zero-order chi connectivity index (χ0) is 29.9. The Balaban J connectivity index is 3.09. The summed E-state index contributed by atoms with van der Waals surface area (Å²) in [6.07, 6.45) is 10.6. The average Bonchev–Trinajstić information content (AvgIpc) is 2.81. The molecule has 4 unspecified atom stereocenters. The third-order valence-corrected chi connectivity index (χ3v) is 8.95. The van der Waals surface area contributed by atoms with Crippen molar-refractivity contribution < 1.29 is 19.5 Å². The topological polar surface area (TPSA) is 74.3 Å². The van der Waals surface area contributed by atoms with Crippen LogP contribution in [0.2, 0.25) is 0 Å². The van der Waals surface area contributed by atoms with E-state index in [1.54, 1.807) is 13.8 Å². The van der Waals surface area contributed by atoms with Gasteiger partial charge in [0.25, 0.3) is 0 Å². The lowest BCUT2D eigenvalue weighted by Crippen LogP contribution is -2.71. The molecule has 39 heavy (non-hydrogen) atoms. The van der Waals surface area contributed by atoms with Gasteiger partial charge in [-0.2, -0.15) is 0 Å². The first-order valence-electron chi connectivity index (χ1n) is 14.6. The van der Waals surface area contributed by atoms with Crippen LogP contribution in [0.15, 0.2) is 57.9 Å². The smallest absolute Gasteiger partial charge is 0.179 e. The van der Waals surface area contributed by atoms with Crippen molar-refractivity contribution in [1.29, 1.82) is 0 Å². The largest absolute Gasteiger partial charge is 0.874 e. The van der Waals surface area contributed by atoms with Gasteiger partial charge >= 0.3 is 0 Å². The summed E-state index contributed by atoms with van der Waals surface area (Å²) in [6, 6.07) is 0. The molecule has 2 bridgehead atoms. The molecule has 0 aromatic carbocycles. The van der Waals surface area contributed by atoms with Gasteiger partial charge in [-0.3, -0.25) is 14.4 Å². The van der Waals surface area contributed by atoms with E-state index in [-0.39, 0.29) is 35.9 Å². The van der Waals surface area contributed by atoms with Crippen LogP contribution < -0.4 is 5.11 Å². The highest BCUT2D eigenvalue weighted by Gasteiger charge is 2.74. The van der Waals surface area contributed by atoms with Crippen molar-refractivity contribution in [1.82, 2.24) is 0 Å². The minimum Gasteiger partial charge on any atom is -0.874 e. The van der Waals surface area contributed by atoms with E-state index >= 15 is 0 Å². The summed E-state index contributed by atoms with van der Waals surface area (Å²) in [7, 11) is 0. The minimum absolute atomic E-state index is 0.126. The molecule has 216 valence electrons. The average molecular weight is 536 g/mol. The van der Waals surface area contributed by atoms with Crippen LogP contribution in [0, 0.1) is 28.1 Å². The first-order valence-corrected chi connectivity index (χ1v) is 14.6. The number of Topliss-reactive ketones (excluding diaryl/α,β-unsaturated/α-hetero) is 3. The Morgan fingerprint density at radius 1 is 0.897 bits per heavy atom.